The summed E-state index contributed by atoms with van der Waals surface area (Å²) in [5.74, 6) is 1.19. The SMILES string of the molecule is CCC(C)Nc1ncnc(Nc2ccc(C(C)=O)cc2)c1N. The number of aromatic nitrogens is 2. The molecule has 0 saturated carbocycles. The number of anilines is 4. The molecule has 116 valence electrons. The maximum Gasteiger partial charge on any atom is 0.159 e. The van der Waals surface area contributed by atoms with Gasteiger partial charge in [0.05, 0.1) is 0 Å². The highest BCUT2D eigenvalue weighted by Gasteiger charge is 2.10. The zero-order valence-corrected chi connectivity index (χ0v) is 13.1. The first-order chi connectivity index (χ1) is 10.5. The minimum absolute atomic E-state index is 0.0353. The van der Waals surface area contributed by atoms with Gasteiger partial charge in [-0.05, 0) is 44.5 Å². The highest BCUT2D eigenvalue weighted by Crippen LogP contribution is 2.26. The number of nitrogens with one attached hydrogen (secondary N) is 2. The van der Waals surface area contributed by atoms with E-state index in [4.69, 9.17) is 5.73 Å². The van der Waals surface area contributed by atoms with Crippen LogP contribution < -0.4 is 16.4 Å². The average molecular weight is 299 g/mol. The maximum atomic E-state index is 11.3. The van der Waals surface area contributed by atoms with Gasteiger partial charge in [0.2, 0.25) is 0 Å². The van der Waals surface area contributed by atoms with Crippen LogP contribution in [0.4, 0.5) is 23.0 Å². The molecule has 1 aromatic heterocycles. The van der Waals surface area contributed by atoms with Crippen molar-refractivity contribution >= 4 is 28.8 Å². The van der Waals surface area contributed by atoms with E-state index in [1.807, 2.05) is 12.1 Å². The fraction of sp³-hybridized carbons (Fsp3) is 0.312. The molecule has 1 aromatic carbocycles. The lowest BCUT2D eigenvalue weighted by Gasteiger charge is -2.16. The topological polar surface area (TPSA) is 92.9 Å². The van der Waals surface area contributed by atoms with Crippen molar-refractivity contribution < 1.29 is 4.79 Å². The van der Waals surface area contributed by atoms with Gasteiger partial charge in [-0.2, -0.15) is 0 Å². The predicted molar refractivity (Wildman–Crippen MR) is 89.5 cm³/mol. The smallest absolute Gasteiger partial charge is 0.159 e. The van der Waals surface area contributed by atoms with Gasteiger partial charge in [-0.1, -0.05) is 6.92 Å². The molecule has 0 bridgehead atoms. The van der Waals surface area contributed by atoms with Crippen LogP contribution in [-0.4, -0.2) is 21.8 Å². The van der Waals surface area contributed by atoms with E-state index < -0.39 is 0 Å². The molecule has 6 heteroatoms. The molecule has 4 N–H and O–H groups in total. The number of nitrogens with zero attached hydrogens (tertiary/aromatic N) is 2. The standard InChI is InChI=1S/C16H21N5O/c1-4-10(2)20-15-14(17)16(19-9-18-15)21-13-7-5-12(6-8-13)11(3)22/h5-10H,4,17H2,1-3H3,(H2,18,19,20,21). The quantitative estimate of drug-likeness (QED) is 0.709. The predicted octanol–water partition coefficient (Wildman–Crippen LogP) is 3.22. The molecule has 1 atom stereocenters. The molecule has 0 aliphatic rings. The molecule has 1 unspecified atom stereocenters. The van der Waals surface area contributed by atoms with Crippen molar-refractivity contribution in [2.45, 2.75) is 33.2 Å². The Balaban J connectivity index is 2.19. The Labute approximate surface area is 130 Å². The fourth-order valence-electron chi connectivity index (χ4n) is 1.87. The van der Waals surface area contributed by atoms with Gasteiger partial charge < -0.3 is 16.4 Å². The number of nitrogens with two attached hydrogens (primary N) is 1. The number of rotatable bonds is 6. The number of Topliss-reactive ketones (excluding diaryl/α,β-unsaturated/α-hetero) is 1. The van der Waals surface area contributed by atoms with Crippen molar-refractivity contribution in [3.05, 3.63) is 36.2 Å². The molecule has 22 heavy (non-hydrogen) atoms. The van der Waals surface area contributed by atoms with Gasteiger partial charge in [-0.3, -0.25) is 4.79 Å². The van der Waals surface area contributed by atoms with E-state index in [2.05, 4.69) is 34.4 Å². The lowest BCUT2D eigenvalue weighted by Crippen LogP contribution is -2.16. The first kappa shape index (κ1) is 15.8. The van der Waals surface area contributed by atoms with Crippen molar-refractivity contribution in [3.8, 4) is 0 Å². The van der Waals surface area contributed by atoms with Gasteiger partial charge in [0, 0.05) is 17.3 Å². The third-order valence-corrected chi connectivity index (χ3v) is 3.43. The summed E-state index contributed by atoms with van der Waals surface area (Å²) in [5.41, 5.74) is 8.06. The Morgan fingerprint density at radius 3 is 2.45 bits per heavy atom. The molecule has 0 fully saturated rings. The van der Waals surface area contributed by atoms with Crippen molar-refractivity contribution in [2.75, 3.05) is 16.4 Å². The van der Waals surface area contributed by atoms with Gasteiger partial charge in [-0.15, -0.1) is 0 Å². The molecule has 2 rings (SSSR count). The summed E-state index contributed by atoms with van der Waals surface area (Å²) in [7, 11) is 0. The lowest BCUT2D eigenvalue weighted by atomic mass is 10.1. The van der Waals surface area contributed by atoms with Crippen molar-refractivity contribution in [1.82, 2.24) is 9.97 Å². The Kier molecular flexibility index (Phi) is 4.93. The molecule has 0 aliphatic carbocycles. The first-order valence-electron chi connectivity index (χ1n) is 7.26. The number of carbonyl (C=O) groups is 1. The number of benzene rings is 1. The van der Waals surface area contributed by atoms with E-state index >= 15 is 0 Å². The molecular formula is C16H21N5O. The van der Waals surface area contributed by atoms with Crippen LogP contribution in [0, 0.1) is 0 Å². The molecule has 6 nitrogen and oxygen atoms in total. The summed E-state index contributed by atoms with van der Waals surface area (Å²) in [6.45, 7) is 5.69. The first-order valence-corrected chi connectivity index (χ1v) is 7.26. The van der Waals surface area contributed by atoms with Crippen LogP contribution in [0.2, 0.25) is 0 Å². The van der Waals surface area contributed by atoms with Crippen molar-refractivity contribution in [1.29, 1.82) is 0 Å². The minimum atomic E-state index is 0.0353. The number of nitrogen functional groups attached to an aromatic ring is 1. The van der Waals surface area contributed by atoms with Crippen LogP contribution in [0.3, 0.4) is 0 Å². The second-order valence-corrected chi connectivity index (χ2v) is 5.20. The molecule has 0 aliphatic heterocycles. The summed E-state index contributed by atoms with van der Waals surface area (Å²) in [5, 5.41) is 6.39. The van der Waals surface area contributed by atoms with Gasteiger partial charge in [0.15, 0.2) is 17.4 Å². The number of hydrogen-bond donors (Lipinski definition) is 3. The molecule has 0 saturated heterocycles. The Morgan fingerprint density at radius 1 is 1.23 bits per heavy atom. The van der Waals surface area contributed by atoms with Gasteiger partial charge in [-0.25, -0.2) is 9.97 Å². The summed E-state index contributed by atoms with van der Waals surface area (Å²) < 4.78 is 0. The molecule has 0 radical (unpaired) electrons. The number of hydrogen-bond acceptors (Lipinski definition) is 6. The monoisotopic (exact) mass is 299 g/mol. The van der Waals surface area contributed by atoms with E-state index in [9.17, 15) is 4.79 Å². The van der Waals surface area contributed by atoms with Crippen LogP contribution in [0.1, 0.15) is 37.6 Å². The Bertz CT molecular complexity index is 654. The fourth-order valence-corrected chi connectivity index (χ4v) is 1.87. The summed E-state index contributed by atoms with van der Waals surface area (Å²) >= 11 is 0. The lowest BCUT2D eigenvalue weighted by molar-refractivity contribution is 0.101. The number of ketones is 1. The van der Waals surface area contributed by atoms with E-state index in [1.54, 1.807) is 12.1 Å². The molecule has 0 amide bonds. The largest absolute Gasteiger partial charge is 0.393 e. The molecule has 2 aromatic rings. The van der Waals surface area contributed by atoms with Crippen LogP contribution in [0.5, 0.6) is 0 Å². The van der Waals surface area contributed by atoms with Crippen molar-refractivity contribution in [2.24, 2.45) is 0 Å². The zero-order chi connectivity index (χ0) is 16.1. The third kappa shape index (κ3) is 3.72. The van der Waals surface area contributed by atoms with Crippen LogP contribution in [0.15, 0.2) is 30.6 Å². The average Bonchev–Trinajstić information content (AvgIpc) is 2.51. The summed E-state index contributed by atoms with van der Waals surface area (Å²) in [6, 6.07) is 7.45. The second kappa shape index (κ2) is 6.89. The maximum absolute atomic E-state index is 11.3. The highest BCUT2D eigenvalue weighted by molar-refractivity contribution is 5.94. The zero-order valence-electron chi connectivity index (χ0n) is 13.1. The minimum Gasteiger partial charge on any atom is -0.393 e. The van der Waals surface area contributed by atoms with Crippen molar-refractivity contribution in [3.63, 3.8) is 0 Å². The van der Waals surface area contributed by atoms with Crippen LogP contribution in [-0.2, 0) is 0 Å². The van der Waals surface area contributed by atoms with E-state index in [-0.39, 0.29) is 11.8 Å². The van der Waals surface area contributed by atoms with E-state index in [0.29, 0.717) is 22.9 Å². The molecular weight excluding hydrogens is 278 g/mol. The third-order valence-electron chi connectivity index (χ3n) is 3.43. The second-order valence-electron chi connectivity index (χ2n) is 5.20. The van der Waals surface area contributed by atoms with Crippen LogP contribution in [0.25, 0.3) is 0 Å². The van der Waals surface area contributed by atoms with Gasteiger partial charge in [0.1, 0.15) is 12.0 Å². The molecule has 1 heterocycles. The van der Waals surface area contributed by atoms with Crippen LogP contribution >= 0.6 is 0 Å². The normalized spacial score (nSPS) is 11.8. The van der Waals surface area contributed by atoms with Gasteiger partial charge >= 0.3 is 0 Å². The van der Waals surface area contributed by atoms with Gasteiger partial charge in [0.25, 0.3) is 0 Å². The number of carbonyl (C=O) groups excluding carboxylic acids is 1. The summed E-state index contributed by atoms with van der Waals surface area (Å²) in [4.78, 5) is 19.6. The Hall–Kier alpha value is -2.63. The van der Waals surface area contributed by atoms with E-state index in [0.717, 1.165) is 12.1 Å². The molecule has 0 spiro atoms. The Morgan fingerprint density at radius 2 is 1.86 bits per heavy atom. The highest BCUT2D eigenvalue weighted by atomic mass is 16.1. The summed E-state index contributed by atoms with van der Waals surface area (Å²) in [6.07, 6.45) is 2.44. The van der Waals surface area contributed by atoms with E-state index in [1.165, 1.54) is 13.3 Å².